The molecular formula is C24H18Cl2FN3O3S. The van der Waals surface area contributed by atoms with Gasteiger partial charge in [0.1, 0.15) is 11.9 Å². The Bertz CT molecular complexity index is 1460. The molecule has 6 nitrogen and oxygen atoms in total. The summed E-state index contributed by atoms with van der Waals surface area (Å²) in [6.07, 6.45) is -0.0187. The summed E-state index contributed by atoms with van der Waals surface area (Å²) in [6, 6.07) is 15.1. The van der Waals surface area contributed by atoms with E-state index < -0.39 is 29.3 Å². The van der Waals surface area contributed by atoms with Gasteiger partial charge in [0, 0.05) is 19.2 Å². The molecule has 1 unspecified atom stereocenters. The van der Waals surface area contributed by atoms with E-state index in [2.05, 4.69) is 5.32 Å². The number of aliphatic carboxylic acids is 1. The van der Waals surface area contributed by atoms with Gasteiger partial charge in [-0.15, -0.1) is 0 Å². The van der Waals surface area contributed by atoms with Gasteiger partial charge >= 0.3 is 5.97 Å². The quantitative estimate of drug-likeness (QED) is 0.328. The molecule has 0 spiro atoms. The molecule has 3 aromatic carbocycles. The van der Waals surface area contributed by atoms with Crippen LogP contribution in [0.2, 0.25) is 10.0 Å². The molecule has 1 aromatic heterocycles. The van der Waals surface area contributed by atoms with Crippen LogP contribution in [0.4, 0.5) is 4.39 Å². The van der Waals surface area contributed by atoms with Crippen molar-refractivity contribution in [3.8, 4) is 5.69 Å². The maximum absolute atomic E-state index is 14.0. The Morgan fingerprint density at radius 2 is 1.71 bits per heavy atom. The minimum absolute atomic E-state index is 0.0187. The van der Waals surface area contributed by atoms with Crippen LogP contribution < -0.4 is 5.32 Å². The SMILES string of the molecule is Cn1c(=S)n(-c2ccc(CC(NC(=O)c3c(F)cccc3Cl)C(=O)O)cc2)c2c(Cl)cccc21. The van der Waals surface area contributed by atoms with Crippen LogP contribution in [0.3, 0.4) is 0 Å². The molecule has 2 N–H and O–H groups in total. The van der Waals surface area contributed by atoms with Crippen molar-refractivity contribution in [2.45, 2.75) is 12.5 Å². The topological polar surface area (TPSA) is 76.3 Å². The fraction of sp³-hybridized carbons (Fsp3) is 0.125. The molecule has 10 heteroatoms. The maximum atomic E-state index is 14.0. The first-order chi connectivity index (χ1) is 16.2. The zero-order valence-corrected chi connectivity index (χ0v) is 20.1. The van der Waals surface area contributed by atoms with Crippen LogP contribution in [0.5, 0.6) is 0 Å². The van der Waals surface area contributed by atoms with E-state index in [9.17, 15) is 19.1 Å². The monoisotopic (exact) mass is 517 g/mol. The summed E-state index contributed by atoms with van der Waals surface area (Å²) < 4.78 is 18.3. The predicted octanol–water partition coefficient (Wildman–Crippen LogP) is 5.57. The smallest absolute Gasteiger partial charge is 0.326 e. The summed E-state index contributed by atoms with van der Waals surface area (Å²) in [7, 11) is 1.85. The molecule has 1 atom stereocenters. The van der Waals surface area contributed by atoms with Crippen LogP contribution in [0.25, 0.3) is 16.7 Å². The molecule has 0 bridgehead atoms. The lowest BCUT2D eigenvalue weighted by molar-refractivity contribution is -0.139. The summed E-state index contributed by atoms with van der Waals surface area (Å²) >= 11 is 17.9. The molecule has 4 aromatic rings. The molecule has 0 saturated heterocycles. The largest absolute Gasteiger partial charge is 0.480 e. The van der Waals surface area contributed by atoms with Crippen LogP contribution in [0.1, 0.15) is 15.9 Å². The summed E-state index contributed by atoms with van der Waals surface area (Å²) in [5.74, 6) is -2.99. The third-order valence-corrected chi connectivity index (χ3v) is 6.53. The van der Waals surface area contributed by atoms with Gasteiger partial charge in [0.05, 0.1) is 26.6 Å². The first-order valence-electron chi connectivity index (χ1n) is 10.1. The molecule has 34 heavy (non-hydrogen) atoms. The van der Waals surface area contributed by atoms with Gasteiger partial charge < -0.3 is 15.0 Å². The summed E-state index contributed by atoms with van der Waals surface area (Å²) in [6.45, 7) is 0. The molecule has 0 aliphatic rings. The average molecular weight is 518 g/mol. The van der Waals surface area contributed by atoms with Gasteiger partial charge in [0.25, 0.3) is 5.91 Å². The van der Waals surface area contributed by atoms with Crippen LogP contribution >= 0.6 is 35.4 Å². The number of carbonyl (C=O) groups excluding carboxylic acids is 1. The van der Waals surface area contributed by atoms with Crippen molar-refractivity contribution >= 4 is 58.3 Å². The predicted molar refractivity (Wildman–Crippen MR) is 132 cm³/mol. The molecule has 0 aliphatic carbocycles. The zero-order chi connectivity index (χ0) is 24.6. The number of nitrogens with one attached hydrogen (secondary N) is 1. The van der Waals surface area contributed by atoms with E-state index in [-0.39, 0.29) is 11.4 Å². The van der Waals surface area contributed by atoms with E-state index in [1.165, 1.54) is 12.1 Å². The van der Waals surface area contributed by atoms with Crippen molar-refractivity contribution in [3.63, 3.8) is 0 Å². The summed E-state index contributed by atoms with van der Waals surface area (Å²) in [5.41, 5.74) is 2.65. The zero-order valence-electron chi connectivity index (χ0n) is 17.8. The van der Waals surface area contributed by atoms with E-state index in [0.29, 0.717) is 15.4 Å². The lowest BCUT2D eigenvalue weighted by Gasteiger charge is -2.16. The number of carbonyl (C=O) groups is 2. The van der Waals surface area contributed by atoms with Gasteiger partial charge in [-0.25, -0.2) is 9.18 Å². The van der Waals surface area contributed by atoms with Crippen LogP contribution in [-0.2, 0) is 18.3 Å². The van der Waals surface area contributed by atoms with Crippen molar-refractivity contribution in [1.29, 1.82) is 0 Å². The molecule has 0 saturated carbocycles. The highest BCUT2D eigenvalue weighted by molar-refractivity contribution is 7.71. The minimum Gasteiger partial charge on any atom is -0.480 e. The Kier molecular flexibility index (Phi) is 6.74. The summed E-state index contributed by atoms with van der Waals surface area (Å²) in [5, 5.41) is 12.4. The number of nitrogens with zero attached hydrogens (tertiary/aromatic N) is 2. The Hall–Kier alpha value is -3.20. The number of aromatic nitrogens is 2. The first kappa shape index (κ1) is 23.9. The number of rotatable bonds is 6. The van der Waals surface area contributed by atoms with E-state index in [1.54, 1.807) is 30.3 Å². The Labute approximate surface area is 209 Å². The van der Waals surface area contributed by atoms with Crippen molar-refractivity contribution in [2.75, 3.05) is 0 Å². The number of carboxylic acid groups (broad SMARTS) is 1. The Morgan fingerprint density at radius 1 is 1.06 bits per heavy atom. The van der Waals surface area contributed by atoms with Gasteiger partial charge in [0.2, 0.25) is 0 Å². The second-order valence-corrected chi connectivity index (χ2v) is 8.80. The highest BCUT2D eigenvalue weighted by Gasteiger charge is 2.24. The molecule has 0 radical (unpaired) electrons. The molecule has 174 valence electrons. The minimum atomic E-state index is -1.29. The number of carboxylic acids is 1. The normalized spacial score (nSPS) is 12.0. The number of halogens is 3. The number of imidazole rings is 1. The lowest BCUT2D eigenvalue weighted by atomic mass is 10.0. The summed E-state index contributed by atoms with van der Waals surface area (Å²) in [4.78, 5) is 24.3. The fourth-order valence-corrected chi connectivity index (χ4v) is 4.54. The maximum Gasteiger partial charge on any atom is 0.326 e. The molecule has 1 heterocycles. The molecule has 1 amide bonds. The van der Waals surface area contributed by atoms with Gasteiger partial charge in [-0.1, -0.05) is 47.5 Å². The van der Waals surface area contributed by atoms with Gasteiger partial charge in [-0.05, 0) is 54.2 Å². The highest BCUT2D eigenvalue weighted by Crippen LogP contribution is 2.28. The number of aryl methyl sites for hydroxylation is 1. The van der Waals surface area contributed by atoms with Crippen molar-refractivity contribution < 1.29 is 19.1 Å². The van der Waals surface area contributed by atoms with Crippen LogP contribution in [-0.4, -0.2) is 32.2 Å². The van der Waals surface area contributed by atoms with E-state index in [1.807, 2.05) is 28.3 Å². The van der Waals surface area contributed by atoms with Gasteiger partial charge in [0.15, 0.2) is 4.77 Å². The molecule has 0 fully saturated rings. The standard InChI is InChI=1S/C24H18Cl2FN3O3S/c1-29-19-7-3-5-16(26)21(19)30(24(29)34)14-10-8-13(9-11-14)12-18(23(32)33)28-22(31)20-15(25)4-2-6-17(20)27/h2-11,18H,12H2,1H3,(H,28,31)(H,32,33). The highest BCUT2D eigenvalue weighted by atomic mass is 35.5. The molecular weight excluding hydrogens is 500 g/mol. The first-order valence-corrected chi connectivity index (χ1v) is 11.3. The van der Waals surface area contributed by atoms with E-state index in [0.717, 1.165) is 22.8 Å². The Balaban J connectivity index is 1.60. The number of amides is 1. The molecule has 4 rings (SSSR count). The number of hydrogen-bond acceptors (Lipinski definition) is 3. The van der Waals surface area contributed by atoms with E-state index >= 15 is 0 Å². The second-order valence-electron chi connectivity index (χ2n) is 7.62. The third-order valence-electron chi connectivity index (χ3n) is 5.46. The number of fused-ring (bicyclic) bond motifs is 1. The second kappa shape index (κ2) is 9.58. The lowest BCUT2D eigenvalue weighted by Crippen LogP contribution is -2.42. The van der Waals surface area contributed by atoms with Crippen LogP contribution in [0, 0.1) is 10.6 Å². The van der Waals surface area contributed by atoms with E-state index in [4.69, 9.17) is 35.4 Å². The fourth-order valence-electron chi connectivity index (χ4n) is 3.75. The van der Waals surface area contributed by atoms with Crippen molar-refractivity contribution in [3.05, 3.63) is 92.4 Å². The number of para-hydroxylation sites is 1. The number of benzene rings is 3. The van der Waals surface area contributed by atoms with Crippen molar-refractivity contribution in [1.82, 2.24) is 14.5 Å². The van der Waals surface area contributed by atoms with Gasteiger partial charge in [-0.3, -0.25) is 9.36 Å². The van der Waals surface area contributed by atoms with Crippen molar-refractivity contribution in [2.24, 2.45) is 7.05 Å². The third kappa shape index (κ3) is 4.44. The molecule has 0 aliphatic heterocycles. The van der Waals surface area contributed by atoms with Gasteiger partial charge in [-0.2, -0.15) is 0 Å². The average Bonchev–Trinajstić information content (AvgIpc) is 3.05. The van der Waals surface area contributed by atoms with Crippen LogP contribution in [0.15, 0.2) is 60.7 Å². The number of hydrogen-bond donors (Lipinski definition) is 2. The Morgan fingerprint density at radius 3 is 2.35 bits per heavy atom.